The van der Waals surface area contributed by atoms with Crippen LogP contribution < -0.4 is 4.90 Å². The molecule has 6 nitrogen and oxygen atoms in total. The van der Waals surface area contributed by atoms with E-state index < -0.39 is 0 Å². The molecule has 3 aliphatic rings. The Morgan fingerprint density at radius 1 is 1.20 bits per heavy atom. The maximum Gasteiger partial charge on any atom is 0.414 e. The quantitative estimate of drug-likeness (QED) is 0.845. The molecule has 0 saturated carbocycles. The molecular formula is C19H23N3O3. The normalized spacial score (nSPS) is 26.0. The Morgan fingerprint density at radius 2 is 1.96 bits per heavy atom. The molecular weight excluding hydrogens is 318 g/mol. The molecule has 6 heteroatoms. The number of rotatable bonds is 3. The van der Waals surface area contributed by atoms with Gasteiger partial charge in [-0.1, -0.05) is 0 Å². The first-order valence-corrected chi connectivity index (χ1v) is 9.02. The number of nitriles is 1. The first-order chi connectivity index (χ1) is 12.2. The fourth-order valence-electron chi connectivity index (χ4n) is 4.12. The van der Waals surface area contributed by atoms with E-state index in [0.29, 0.717) is 12.1 Å². The Balaban J connectivity index is 1.32. The van der Waals surface area contributed by atoms with E-state index in [9.17, 15) is 4.79 Å². The van der Waals surface area contributed by atoms with Gasteiger partial charge in [-0.15, -0.1) is 0 Å². The number of anilines is 1. The molecule has 0 aliphatic carbocycles. The predicted molar refractivity (Wildman–Crippen MR) is 92.4 cm³/mol. The maximum atomic E-state index is 12.2. The van der Waals surface area contributed by atoms with Gasteiger partial charge >= 0.3 is 6.09 Å². The predicted octanol–water partition coefficient (Wildman–Crippen LogP) is 2.53. The number of carbonyl (C=O) groups is 1. The van der Waals surface area contributed by atoms with Crippen LogP contribution in [0, 0.1) is 11.3 Å². The molecule has 25 heavy (non-hydrogen) atoms. The van der Waals surface area contributed by atoms with Crippen LogP contribution in [0.2, 0.25) is 0 Å². The minimum absolute atomic E-state index is 0.110. The number of amides is 1. The molecule has 3 saturated heterocycles. The summed E-state index contributed by atoms with van der Waals surface area (Å²) in [5, 5.41) is 8.88. The van der Waals surface area contributed by atoms with Gasteiger partial charge in [-0.25, -0.2) is 4.79 Å². The summed E-state index contributed by atoms with van der Waals surface area (Å²) in [5.41, 5.74) is 1.49. The molecule has 0 radical (unpaired) electrons. The standard InChI is InChI=1S/C19H23N3O3/c20-12-15-2-4-16(5-3-15)22-14-17(25-18(22)23)13-21-9-7-19(8-10-21)6-1-11-24-19/h2-5,17H,1,6-11,13-14H2. The average Bonchev–Trinajstić information content (AvgIpc) is 3.24. The summed E-state index contributed by atoms with van der Waals surface area (Å²) < 4.78 is 11.5. The highest BCUT2D eigenvalue weighted by Gasteiger charge is 2.40. The Morgan fingerprint density at radius 3 is 2.60 bits per heavy atom. The lowest BCUT2D eigenvalue weighted by Gasteiger charge is -2.39. The van der Waals surface area contributed by atoms with Gasteiger partial charge in [-0.3, -0.25) is 9.80 Å². The van der Waals surface area contributed by atoms with Crippen molar-refractivity contribution >= 4 is 11.8 Å². The Hall–Kier alpha value is -2.10. The van der Waals surface area contributed by atoms with Gasteiger partial charge in [-0.05, 0) is 49.9 Å². The van der Waals surface area contributed by atoms with Crippen molar-refractivity contribution in [3.63, 3.8) is 0 Å². The molecule has 0 N–H and O–H groups in total. The summed E-state index contributed by atoms with van der Waals surface area (Å²) in [6.45, 7) is 4.24. The highest BCUT2D eigenvalue weighted by Crippen LogP contribution is 2.35. The summed E-state index contributed by atoms with van der Waals surface area (Å²) in [6, 6.07) is 9.13. The van der Waals surface area contributed by atoms with Crippen molar-refractivity contribution in [3.8, 4) is 6.07 Å². The molecule has 4 rings (SSSR count). The maximum absolute atomic E-state index is 12.2. The van der Waals surface area contributed by atoms with E-state index in [1.807, 2.05) is 0 Å². The van der Waals surface area contributed by atoms with Gasteiger partial charge in [0.25, 0.3) is 0 Å². The lowest BCUT2D eigenvalue weighted by atomic mass is 9.88. The van der Waals surface area contributed by atoms with Crippen LogP contribution in [0.25, 0.3) is 0 Å². The van der Waals surface area contributed by atoms with E-state index in [1.165, 1.54) is 12.8 Å². The molecule has 1 spiro atoms. The highest BCUT2D eigenvalue weighted by molar-refractivity contribution is 5.89. The van der Waals surface area contributed by atoms with Gasteiger partial charge < -0.3 is 9.47 Å². The van der Waals surface area contributed by atoms with Crippen molar-refractivity contribution in [2.45, 2.75) is 37.4 Å². The monoisotopic (exact) mass is 341 g/mol. The number of hydrogen-bond donors (Lipinski definition) is 0. The van der Waals surface area contributed by atoms with Crippen LogP contribution in [0.4, 0.5) is 10.5 Å². The van der Waals surface area contributed by atoms with Gasteiger partial charge in [0.05, 0.1) is 23.8 Å². The van der Waals surface area contributed by atoms with Crippen molar-refractivity contribution < 1.29 is 14.3 Å². The highest BCUT2D eigenvalue weighted by atomic mass is 16.6. The van der Waals surface area contributed by atoms with Crippen LogP contribution >= 0.6 is 0 Å². The van der Waals surface area contributed by atoms with Gasteiger partial charge in [0.2, 0.25) is 0 Å². The zero-order valence-corrected chi connectivity index (χ0v) is 14.3. The number of cyclic esters (lactones) is 1. The van der Waals surface area contributed by atoms with Gasteiger partial charge in [0.15, 0.2) is 0 Å². The summed E-state index contributed by atoms with van der Waals surface area (Å²) in [5.74, 6) is 0. The largest absolute Gasteiger partial charge is 0.443 e. The second-order valence-electron chi connectivity index (χ2n) is 7.21. The van der Waals surface area contributed by atoms with Crippen LogP contribution in [0.15, 0.2) is 24.3 Å². The molecule has 132 valence electrons. The van der Waals surface area contributed by atoms with Crippen LogP contribution in [0.5, 0.6) is 0 Å². The smallest absolute Gasteiger partial charge is 0.414 e. The van der Waals surface area contributed by atoms with Crippen molar-refractivity contribution in [3.05, 3.63) is 29.8 Å². The van der Waals surface area contributed by atoms with E-state index in [4.69, 9.17) is 14.7 Å². The third-order valence-electron chi connectivity index (χ3n) is 5.60. The molecule has 1 aromatic rings. The summed E-state index contributed by atoms with van der Waals surface area (Å²) in [6.07, 6.45) is 4.11. The molecule has 3 heterocycles. The van der Waals surface area contributed by atoms with Crippen molar-refractivity contribution in [1.29, 1.82) is 5.26 Å². The number of hydrogen-bond acceptors (Lipinski definition) is 5. The Labute approximate surface area is 147 Å². The van der Waals surface area contributed by atoms with Crippen molar-refractivity contribution in [2.24, 2.45) is 0 Å². The minimum atomic E-state index is -0.303. The Bertz CT molecular complexity index is 666. The zero-order chi connectivity index (χ0) is 17.3. The third-order valence-corrected chi connectivity index (χ3v) is 5.60. The summed E-state index contributed by atoms with van der Waals surface area (Å²) in [7, 11) is 0. The molecule has 3 aliphatic heterocycles. The number of likely N-dealkylation sites (tertiary alicyclic amines) is 1. The number of benzene rings is 1. The first-order valence-electron chi connectivity index (χ1n) is 9.02. The molecule has 1 amide bonds. The van der Waals surface area contributed by atoms with Crippen LogP contribution in [0.3, 0.4) is 0 Å². The molecule has 1 atom stereocenters. The molecule has 1 aromatic carbocycles. The minimum Gasteiger partial charge on any atom is -0.443 e. The van der Waals surface area contributed by atoms with Crippen LogP contribution in [0.1, 0.15) is 31.2 Å². The lowest BCUT2D eigenvalue weighted by molar-refractivity contribution is -0.0479. The number of carbonyl (C=O) groups excluding carboxylic acids is 1. The average molecular weight is 341 g/mol. The second kappa shape index (κ2) is 6.66. The number of ether oxygens (including phenoxy) is 2. The van der Waals surface area contributed by atoms with Gasteiger partial charge in [-0.2, -0.15) is 5.26 Å². The van der Waals surface area contributed by atoms with Crippen molar-refractivity contribution in [2.75, 3.05) is 37.7 Å². The van der Waals surface area contributed by atoms with Gasteiger partial charge in [0.1, 0.15) is 6.10 Å². The first kappa shape index (κ1) is 16.4. The molecule has 1 unspecified atom stereocenters. The van der Waals surface area contributed by atoms with Crippen molar-refractivity contribution in [1.82, 2.24) is 4.90 Å². The van der Waals surface area contributed by atoms with Gasteiger partial charge in [0, 0.05) is 31.9 Å². The topological polar surface area (TPSA) is 65.8 Å². The SMILES string of the molecule is N#Cc1ccc(N2CC(CN3CCC4(CCCO4)CC3)OC2=O)cc1. The molecule has 0 bridgehead atoms. The fourth-order valence-corrected chi connectivity index (χ4v) is 4.12. The number of nitrogens with zero attached hydrogens (tertiary/aromatic N) is 3. The Kier molecular flexibility index (Phi) is 4.36. The van der Waals surface area contributed by atoms with E-state index >= 15 is 0 Å². The van der Waals surface area contributed by atoms with Crippen LogP contribution in [-0.4, -0.2) is 55.5 Å². The van der Waals surface area contributed by atoms with E-state index in [0.717, 1.165) is 44.8 Å². The third kappa shape index (κ3) is 3.35. The van der Waals surface area contributed by atoms with Crippen LogP contribution in [-0.2, 0) is 9.47 Å². The summed E-state index contributed by atoms with van der Waals surface area (Å²) in [4.78, 5) is 16.2. The zero-order valence-electron chi connectivity index (χ0n) is 14.3. The summed E-state index contributed by atoms with van der Waals surface area (Å²) >= 11 is 0. The number of piperidine rings is 1. The second-order valence-corrected chi connectivity index (χ2v) is 7.21. The van der Waals surface area contributed by atoms with E-state index in [-0.39, 0.29) is 17.8 Å². The lowest BCUT2D eigenvalue weighted by Crippen LogP contribution is -2.46. The molecule has 0 aromatic heterocycles. The van der Waals surface area contributed by atoms with E-state index in [2.05, 4.69) is 11.0 Å². The fraction of sp³-hybridized carbons (Fsp3) is 0.579. The van der Waals surface area contributed by atoms with E-state index in [1.54, 1.807) is 29.2 Å². The molecule has 3 fully saturated rings.